The summed E-state index contributed by atoms with van der Waals surface area (Å²) >= 11 is 0. The monoisotopic (exact) mass is 405 g/mol. The minimum Gasteiger partial charge on any atom is -0.339 e. The maximum atomic E-state index is 12.7. The first-order chi connectivity index (χ1) is 14.4. The summed E-state index contributed by atoms with van der Waals surface area (Å²) in [7, 11) is 0. The summed E-state index contributed by atoms with van der Waals surface area (Å²) in [5.41, 5.74) is 3.16. The van der Waals surface area contributed by atoms with Crippen molar-refractivity contribution in [3.8, 4) is 0 Å². The number of nitrogens with zero attached hydrogens (tertiary/aromatic N) is 2. The van der Waals surface area contributed by atoms with Gasteiger partial charge < -0.3 is 15.1 Å². The normalized spacial score (nSPS) is 14.8. The lowest BCUT2D eigenvalue weighted by atomic mass is 9.93. The highest BCUT2D eigenvalue weighted by Gasteiger charge is 2.28. The Morgan fingerprint density at radius 3 is 2.30 bits per heavy atom. The zero-order valence-corrected chi connectivity index (χ0v) is 17.6. The molecule has 2 aromatic rings. The lowest BCUT2D eigenvalue weighted by Crippen LogP contribution is -2.33. The van der Waals surface area contributed by atoms with E-state index in [0.717, 1.165) is 11.1 Å². The van der Waals surface area contributed by atoms with Crippen molar-refractivity contribution in [2.24, 2.45) is 0 Å². The van der Waals surface area contributed by atoms with E-state index in [0.29, 0.717) is 24.3 Å². The molecule has 156 valence electrons. The van der Waals surface area contributed by atoms with Crippen LogP contribution in [0.3, 0.4) is 0 Å². The molecule has 1 heterocycles. The molecule has 0 bridgehead atoms. The molecule has 1 atom stereocenters. The number of carbonyl (C=O) groups excluding carboxylic acids is 3. The second kappa shape index (κ2) is 9.39. The first kappa shape index (κ1) is 21.3. The smallest absolute Gasteiger partial charge is 0.253 e. The van der Waals surface area contributed by atoms with Crippen LogP contribution in [0.2, 0.25) is 0 Å². The van der Waals surface area contributed by atoms with Crippen LogP contribution >= 0.6 is 0 Å². The fraction of sp³-hybridized carbons (Fsp3) is 0.292. The minimum absolute atomic E-state index is 0.0272. The average Bonchev–Trinajstić information content (AvgIpc) is 2.75. The minimum atomic E-state index is -0.354. The molecule has 1 aliphatic heterocycles. The van der Waals surface area contributed by atoms with E-state index < -0.39 is 0 Å². The maximum Gasteiger partial charge on any atom is 0.253 e. The summed E-state index contributed by atoms with van der Waals surface area (Å²) < 4.78 is 0. The van der Waals surface area contributed by atoms with Crippen molar-refractivity contribution < 1.29 is 14.4 Å². The fourth-order valence-electron chi connectivity index (χ4n) is 3.69. The Balaban J connectivity index is 1.71. The van der Waals surface area contributed by atoms with E-state index in [1.54, 1.807) is 40.3 Å². The van der Waals surface area contributed by atoms with E-state index in [1.807, 2.05) is 44.2 Å². The predicted molar refractivity (Wildman–Crippen MR) is 118 cm³/mol. The third-order valence-electron chi connectivity index (χ3n) is 5.31. The molecule has 0 aliphatic carbocycles. The van der Waals surface area contributed by atoms with E-state index >= 15 is 0 Å². The van der Waals surface area contributed by atoms with E-state index in [9.17, 15) is 14.4 Å². The van der Waals surface area contributed by atoms with Crippen LogP contribution in [0.5, 0.6) is 0 Å². The predicted octanol–water partition coefficient (Wildman–Crippen LogP) is 4.07. The van der Waals surface area contributed by atoms with Crippen molar-refractivity contribution >= 4 is 29.5 Å². The molecule has 0 spiro atoms. The van der Waals surface area contributed by atoms with Crippen molar-refractivity contribution in [2.45, 2.75) is 33.2 Å². The van der Waals surface area contributed by atoms with Crippen LogP contribution < -0.4 is 5.32 Å². The van der Waals surface area contributed by atoms with Gasteiger partial charge in [0.1, 0.15) is 0 Å². The molecule has 0 aromatic heterocycles. The molecule has 0 fully saturated rings. The second-order valence-corrected chi connectivity index (χ2v) is 7.19. The number of amides is 3. The Labute approximate surface area is 177 Å². The highest BCUT2D eigenvalue weighted by Crippen LogP contribution is 2.33. The molecule has 6 nitrogen and oxygen atoms in total. The largest absolute Gasteiger partial charge is 0.339 e. The standard InChI is InChI=1S/C24H27N3O3/c1-4-26(5-2)24(30)19-10-12-20(13-11-19)25-23(29)16-22-21-9-7-6-8-18(21)14-15-27(22)17(3)28/h6-15,22H,4-5,16H2,1-3H3,(H,25,29)/t22-/m0/s1. The third-order valence-corrected chi connectivity index (χ3v) is 5.31. The van der Waals surface area contributed by atoms with Crippen LogP contribution in [0, 0.1) is 0 Å². The topological polar surface area (TPSA) is 69.7 Å². The van der Waals surface area contributed by atoms with Crippen molar-refractivity contribution in [1.82, 2.24) is 9.80 Å². The van der Waals surface area contributed by atoms with Gasteiger partial charge in [0.2, 0.25) is 11.8 Å². The molecule has 0 saturated heterocycles. The molecule has 0 saturated carbocycles. The molecule has 0 radical (unpaired) electrons. The number of hydrogen-bond acceptors (Lipinski definition) is 3. The summed E-state index contributed by atoms with van der Waals surface area (Å²) in [6, 6.07) is 14.3. The van der Waals surface area contributed by atoms with Crippen molar-refractivity contribution in [1.29, 1.82) is 0 Å². The van der Waals surface area contributed by atoms with Crippen molar-refractivity contribution in [2.75, 3.05) is 18.4 Å². The van der Waals surface area contributed by atoms with Crippen LogP contribution in [-0.4, -0.2) is 40.6 Å². The number of carbonyl (C=O) groups is 3. The van der Waals surface area contributed by atoms with E-state index in [4.69, 9.17) is 0 Å². The molecular formula is C24H27N3O3. The first-order valence-corrected chi connectivity index (χ1v) is 10.2. The van der Waals surface area contributed by atoms with E-state index in [1.165, 1.54) is 6.92 Å². The van der Waals surface area contributed by atoms with Gasteiger partial charge in [0.25, 0.3) is 5.91 Å². The molecule has 30 heavy (non-hydrogen) atoms. The molecule has 3 amide bonds. The summed E-state index contributed by atoms with van der Waals surface area (Å²) in [6.45, 7) is 6.68. The van der Waals surface area contributed by atoms with Gasteiger partial charge in [-0.3, -0.25) is 14.4 Å². The quantitative estimate of drug-likeness (QED) is 0.788. The second-order valence-electron chi connectivity index (χ2n) is 7.19. The van der Waals surface area contributed by atoms with Gasteiger partial charge in [-0.2, -0.15) is 0 Å². The molecule has 0 unspecified atom stereocenters. The van der Waals surface area contributed by atoms with Gasteiger partial charge in [0, 0.05) is 37.5 Å². The first-order valence-electron chi connectivity index (χ1n) is 10.2. The van der Waals surface area contributed by atoms with Gasteiger partial charge in [-0.05, 0) is 55.3 Å². The lowest BCUT2D eigenvalue weighted by molar-refractivity contribution is -0.129. The average molecular weight is 405 g/mol. The van der Waals surface area contributed by atoms with E-state index in [2.05, 4.69) is 5.32 Å². The van der Waals surface area contributed by atoms with E-state index in [-0.39, 0.29) is 30.2 Å². The SMILES string of the molecule is CCN(CC)C(=O)c1ccc(NC(=O)C[C@H]2c3ccccc3C=CN2C(C)=O)cc1. The van der Waals surface area contributed by atoms with Gasteiger partial charge in [0.05, 0.1) is 12.5 Å². The van der Waals surface area contributed by atoms with Crippen LogP contribution in [0.1, 0.15) is 54.7 Å². The Bertz CT molecular complexity index is 962. The van der Waals surface area contributed by atoms with Gasteiger partial charge in [-0.15, -0.1) is 0 Å². The molecule has 1 aliphatic rings. The molecule has 1 N–H and O–H groups in total. The third kappa shape index (κ3) is 4.59. The number of fused-ring (bicyclic) bond motifs is 1. The van der Waals surface area contributed by atoms with Gasteiger partial charge >= 0.3 is 0 Å². The summed E-state index contributed by atoms with van der Waals surface area (Å²) in [4.78, 5) is 40.6. The van der Waals surface area contributed by atoms with Crippen LogP contribution in [0.15, 0.2) is 54.7 Å². The number of rotatable bonds is 6. The number of hydrogen-bond donors (Lipinski definition) is 1. The van der Waals surface area contributed by atoms with Gasteiger partial charge in [-0.25, -0.2) is 0 Å². The summed E-state index contributed by atoms with van der Waals surface area (Å²) in [6.07, 6.45) is 3.76. The maximum absolute atomic E-state index is 12.7. The van der Waals surface area contributed by atoms with Crippen LogP contribution in [0.25, 0.3) is 6.08 Å². The zero-order valence-electron chi connectivity index (χ0n) is 17.6. The molecule has 2 aromatic carbocycles. The lowest BCUT2D eigenvalue weighted by Gasteiger charge is -2.32. The summed E-state index contributed by atoms with van der Waals surface area (Å²) in [5.74, 6) is -0.336. The fourth-order valence-corrected chi connectivity index (χ4v) is 3.69. The molecule has 6 heteroatoms. The summed E-state index contributed by atoms with van der Waals surface area (Å²) in [5, 5.41) is 2.88. The van der Waals surface area contributed by atoms with Crippen LogP contribution in [-0.2, 0) is 9.59 Å². The van der Waals surface area contributed by atoms with Crippen LogP contribution in [0.4, 0.5) is 5.69 Å². The highest BCUT2D eigenvalue weighted by molar-refractivity contribution is 5.96. The Morgan fingerprint density at radius 1 is 1.00 bits per heavy atom. The number of nitrogens with one attached hydrogen (secondary N) is 1. The Kier molecular flexibility index (Phi) is 6.67. The number of benzene rings is 2. The highest BCUT2D eigenvalue weighted by atomic mass is 16.2. The molecular weight excluding hydrogens is 378 g/mol. The van der Waals surface area contributed by atoms with Gasteiger partial charge in [-0.1, -0.05) is 24.3 Å². The number of anilines is 1. The Morgan fingerprint density at radius 2 is 1.67 bits per heavy atom. The Hall–Kier alpha value is -3.41. The van der Waals surface area contributed by atoms with Crippen molar-refractivity contribution in [3.63, 3.8) is 0 Å². The zero-order chi connectivity index (χ0) is 21.7. The molecule has 3 rings (SSSR count). The van der Waals surface area contributed by atoms with Gasteiger partial charge in [0.15, 0.2) is 0 Å². The van der Waals surface area contributed by atoms with Crippen molar-refractivity contribution in [3.05, 3.63) is 71.4 Å².